The van der Waals surface area contributed by atoms with Gasteiger partial charge >= 0.3 is 0 Å². The number of nitrogens with one attached hydrogen (secondary N) is 4. The van der Waals surface area contributed by atoms with Crippen LogP contribution in [-0.4, -0.2) is 96.7 Å². The number of ether oxygens (including phenoxy) is 2. The third-order valence-electron chi connectivity index (χ3n) is 9.01. The van der Waals surface area contributed by atoms with Gasteiger partial charge in [-0.15, -0.1) is 0 Å². The molecule has 272 valence electrons. The van der Waals surface area contributed by atoms with Gasteiger partial charge in [0.05, 0.1) is 30.7 Å². The lowest BCUT2D eigenvalue weighted by Gasteiger charge is -2.36. The number of nitrogens with zero attached hydrogens (tertiary/aromatic N) is 1. The molecule has 0 aromatic heterocycles. The minimum absolute atomic E-state index is 0.0627. The zero-order valence-electron chi connectivity index (χ0n) is 29.3. The Morgan fingerprint density at radius 2 is 1.74 bits per heavy atom. The number of hydrogen-bond donors (Lipinski definition) is 5. The third-order valence-corrected chi connectivity index (χ3v) is 9.01. The van der Waals surface area contributed by atoms with E-state index in [9.17, 15) is 29.1 Å². The van der Waals surface area contributed by atoms with E-state index in [0.717, 1.165) is 12.8 Å². The van der Waals surface area contributed by atoms with Gasteiger partial charge in [-0.05, 0) is 61.4 Å². The molecule has 1 fully saturated rings. The number of carbonyl (C=O) groups is 5. The fourth-order valence-electron chi connectivity index (χ4n) is 6.01. The van der Waals surface area contributed by atoms with Crippen LogP contribution >= 0.6 is 0 Å². The minimum Gasteiger partial charge on any atom is -0.491 e. The highest BCUT2D eigenvalue weighted by Crippen LogP contribution is 2.22. The van der Waals surface area contributed by atoms with E-state index in [1.165, 1.54) is 0 Å². The highest BCUT2D eigenvalue weighted by molar-refractivity contribution is 6.01. The summed E-state index contributed by atoms with van der Waals surface area (Å²) >= 11 is 0. The fraction of sp³-hybridized carbons (Fsp3) is 0.541. The normalized spacial score (nSPS) is 20.1. The van der Waals surface area contributed by atoms with Crippen LogP contribution in [0.3, 0.4) is 0 Å². The minimum atomic E-state index is -1.26. The van der Waals surface area contributed by atoms with Crippen molar-refractivity contribution in [1.82, 2.24) is 26.2 Å². The monoisotopic (exact) mass is 693 g/mol. The Labute approximate surface area is 293 Å². The van der Waals surface area contributed by atoms with Crippen LogP contribution in [0, 0.1) is 5.92 Å². The molecular weight excluding hydrogens is 642 g/mol. The zero-order valence-corrected chi connectivity index (χ0v) is 29.3. The topological polar surface area (TPSA) is 175 Å². The van der Waals surface area contributed by atoms with Crippen LogP contribution in [-0.2, 0) is 25.7 Å². The summed E-state index contributed by atoms with van der Waals surface area (Å²) in [6.07, 6.45) is 2.70. The molecule has 0 bridgehead atoms. The number of aliphatic hydroxyl groups is 1. The first-order chi connectivity index (χ1) is 24.0. The number of carbonyl (C=O) groups excluding carboxylic acids is 5. The number of aliphatic hydroxyl groups excluding tert-OH is 1. The third kappa shape index (κ3) is 10.8. The van der Waals surface area contributed by atoms with E-state index in [1.54, 1.807) is 53.4 Å². The van der Waals surface area contributed by atoms with Crippen molar-refractivity contribution in [3.8, 4) is 5.75 Å². The van der Waals surface area contributed by atoms with Crippen LogP contribution in [0.2, 0.25) is 0 Å². The molecule has 2 aromatic carbocycles. The molecule has 0 radical (unpaired) electrons. The molecule has 0 spiro atoms. The predicted molar refractivity (Wildman–Crippen MR) is 186 cm³/mol. The van der Waals surface area contributed by atoms with Crippen LogP contribution in [0.15, 0.2) is 48.5 Å². The van der Waals surface area contributed by atoms with Crippen molar-refractivity contribution in [3.63, 3.8) is 0 Å². The van der Waals surface area contributed by atoms with Gasteiger partial charge in [-0.3, -0.25) is 24.0 Å². The van der Waals surface area contributed by atoms with E-state index in [0.29, 0.717) is 55.9 Å². The van der Waals surface area contributed by atoms with Gasteiger partial charge < -0.3 is 40.7 Å². The first kappa shape index (κ1) is 38.3. The Morgan fingerprint density at radius 1 is 1.02 bits per heavy atom. The molecule has 2 aliphatic heterocycles. The Kier molecular flexibility index (Phi) is 14.2. The highest BCUT2D eigenvalue weighted by atomic mass is 16.5. The summed E-state index contributed by atoms with van der Waals surface area (Å²) in [6, 6.07) is 11.2. The van der Waals surface area contributed by atoms with Crippen molar-refractivity contribution in [2.75, 3.05) is 39.5 Å². The molecule has 13 nitrogen and oxygen atoms in total. The average Bonchev–Trinajstić information content (AvgIpc) is 3.11. The van der Waals surface area contributed by atoms with Crippen molar-refractivity contribution in [3.05, 3.63) is 65.2 Å². The Hall–Kier alpha value is -4.49. The van der Waals surface area contributed by atoms with Gasteiger partial charge in [0.15, 0.2) is 0 Å². The maximum Gasteiger partial charge on any atom is 0.255 e. The number of unbranched alkanes of at least 4 members (excludes halogenated alkanes) is 1. The summed E-state index contributed by atoms with van der Waals surface area (Å²) in [4.78, 5) is 68.9. The van der Waals surface area contributed by atoms with Crippen molar-refractivity contribution in [2.45, 2.75) is 83.5 Å². The van der Waals surface area contributed by atoms with Crippen molar-refractivity contribution in [2.24, 2.45) is 5.92 Å². The fourth-order valence-corrected chi connectivity index (χ4v) is 6.01. The summed E-state index contributed by atoms with van der Waals surface area (Å²) in [6.45, 7) is 7.69. The molecule has 2 aliphatic rings. The van der Waals surface area contributed by atoms with Crippen LogP contribution in [0.25, 0.3) is 0 Å². The second-order valence-corrected chi connectivity index (χ2v) is 13.4. The lowest BCUT2D eigenvalue weighted by atomic mass is 9.90. The van der Waals surface area contributed by atoms with Crippen molar-refractivity contribution in [1.29, 1.82) is 0 Å². The Bertz CT molecular complexity index is 1470. The van der Waals surface area contributed by atoms with Crippen LogP contribution in [0.1, 0.15) is 85.6 Å². The molecule has 2 aromatic rings. The lowest BCUT2D eigenvalue weighted by Crippen LogP contribution is -2.54. The molecule has 0 unspecified atom stereocenters. The molecule has 13 heteroatoms. The second-order valence-electron chi connectivity index (χ2n) is 13.4. The van der Waals surface area contributed by atoms with Gasteiger partial charge in [-0.2, -0.15) is 0 Å². The van der Waals surface area contributed by atoms with E-state index in [4.69, 9.17) is 9.47 Å². The predicted octanol–water partition coefficient (Wildman–Crippen LogP) is 2.31. The molecule has 4 rings (SSSR count). The van der Waals surface area contributed by atoms with Gasteiger partial charge in [-0.25, -0.2) is 0 Å². The number of para-hydroxylation sites is 1. The summed E-state index contributed by atoms with van der Waals surface area (Å²) in [5.41, 5.74) is 0.551. The van der Waals surface area contributed by atoms with E-state index in [2.05, 4.69) is 21.3 Å². The SMILES string of the molecule is CCCCN1CCOc2ccccc2C(=O)N[C@H](C(=O)NCc2ccc(C(=O)NC3(CO)CCOCC3)cc2)CC(=O)N[C@@H](CC(C)C)C1=O. The highest BCUT2D eigenvalue weighted by Gasteiger charge is 2.34. The van der Waals surface area contributed by atoms with Crippen LogP contribution < -0.4 is 26.0 Å². The van der Waals surface area contributed by atoms with E-state index in [1.807, 2.05) is 20.8 Å². The molecule has 0 aliphatic carbocycles. The number of fused-ring (bicyclic) bond motifs is 1. The number of amides is 5. The molecule has 2 heterocycles. The molecule has 5 amide bonds. The zero-order chi connectivity index (χ0) is 36.1. The lowest BCUT2D eigenvalue weighted by molar-refractivity contribution is -0.137. The molecule has 50 heavy (non-hydrogen) atoms. The smallest absolute Gasteiger partial charge is 0.255 e. The molecule has 5 N–H and O–H groups in total. The molecule has 2 atom stereocenters. The van der Waals surface area contributed by atoms with Gasteiger partial charge in [0, 0.05) is 31.9 Å². The Balaban J connectivity index is 1.49. The van der Waals surface area contributed by atoms with Crippen LogP contribution in [0.5, 0.6) is 5.75 Å². The van der Waals surface area contributed by atoms with Crippen molar-refractivity contribution < 1.29 is 38.6 Å². The maximum atomic E-state index is 13.7. The summed E-state index contributed by atoms with van der Waals surface area (Å²) in [5.74, 6) is -1.84. The second kappa shape index (κ2) is 18.5. The largest absolute Gasteiger partial charge is 0.491 e. The first-order valence-electron chi connectivity index (χ1n) is 17.5. The summed E-state index contributed by atoms with van der Waals surface area (Å²) < 4.78 is 11.4. The average molecular weight is 694 g/mol. The van der Waals surface area contributed by atoms with Crippen LogP contribution in [0.4, 0.5) is 0 Å². The summed E-state index contributed by atoms with van der Waals surface area (Å²) in [7, 11) is 0. The number of hydrogen-bond acceptors (Lipinski definition) is 8. The maximum absolute atomic E-state index is 13.7. The molecular formula is C37H51N5O8. The van der Waals surface area contributed by atoms with Gasteiger partial charge in [0.25, 0.3) is 11.8 Å². The molecule has 0 saturated carbocycles. The van der Waals surface area contributed by atoms with Gasteiger partial charge in [-0.1, -0.05) is 51.5 Å². The summed E-state index contributed by atoms with van der Waals surface area (Å²) in [5, 5.41) is 21.2. The molecule has 1 saturated heterocycles. The standard InChI is InChI=1S/C37H51N5O8/c1-4-5-16-42-17-20-50-31-9-7-6-8-28(31)34(46)40-29(22-32(44)39-30(36(42)48)21-25(2)3)35(47)38-23-26-10-12-27(13-11-26)33(45)41-37(24-43)14-18-49-19-15-37/h6-13,25,29-30,43H,4-5,14-24H2,1-3H3,(H,38,47)(H,39,44)(H,40,46)(H,41,45)/t29-,30-/m0/s1. The van der Waals surface area contributed by atoms with Crippen molar-refractivity contribution >= 4 is 29.5 Å². The van der Waals surface area contributed by atoms with E-state index >= 15 is 0 Å². The van der Waals surface area contributed by atoms with E-state index < -0.39 is 41.8 Å². The first-order valence-corrected chi connectivity index (χ1v) is 17.5. The number of rotatable bonds is 11. The quantitative estimate of drug-likeness (QED) is 0.238. The van der Waals surface area contributed by atoms with E-state index in [-0.39, 0.29) is 49.6 Å². The Morgan fingerprint density at radius 3 is 2.42 bits per heavy atom. The van der Waals surface area contributed by atoms with Gasteiger partial charge in [0.2, 0.25) is 17.7 Å². The number of benzene rings is 2. The van der Waals surface area contributed by atoms with Gasteiger partial charge in [0.1, 0.15) is 24.4 Å².